The van der Waals surface area contributed by atoms with Crippen LogP contribution in [0.2, 0.25) is 0 Å². The average molecular weight is 746 g/mol. The van der Waals surface area contributed by atoms with Gasteiger partial charge in [-0.3, -0.25) is 5.41 Å². The number of benzene rings is 8. The van der Waals surface area contributed by atoms with Crippen molar-refractivity contribution in [2.45, 2.75) is 0 Å². The molecule has 5 heteroatoms. The molecule has 0 aliphatic carbocycles. The zero-order valence-electron chi connectivity index (χ0n) is 31.4. The lowest BCUT2D eigenvalue weighted by atomic mass is 9.90. The van der Waals surface area contributed by atoms with E-state index in [0.717, 1.165) is 76.7 Å². The highest BCUT2D eigenvalue weighted by Gasteiger charge is 2.19. The van der Waals surface area contributed by atoms with Gasteiger partial charge in [0.2, 0.25) is 0 Å². The summed E-state index contributed by atoms with van der Waals surface area (Å²) in [6.45, 7) is 3.92. The zero-order chi connectivity index (χ0) is 39.0. The number of nitrogens with one attached hydrogen (secondary N) is 1. The molecule has 58 heavy (non-hydrogen) atoms. The van der Waals surface area contributed by atoms with Gasteiger partial charge >= 0.3 is 0 Å². The van der Waals surface area contributed by atoms with Crippen molar-refractivity contribution in [1.29, 1.82) is 5.41 Å². The fourth-order valence-corrected chi connectivity index (χ4v) is 7.89. The molecule has 0 saturated carbocycles. The van der Waals surface area contributed by atoms with E-state index in [1.54, 1.807) is 6.08 Å². The summed E-state index contributed by atoms with van der Waals surface area (Å²) in [6, 6.07) is 57.6. The molecule has 10 aromatic rings. The van der Waals surface area contributed by atoms with Crippen LogP contribution in [-0.4, -0.2) is 17.9 Å². The Hall–Kier alpha value is -7.89. The minimum atomic E-state index is 0.101. The third-order valence-electron chi connectivity index (χ3n) is 10.7. The molecule has 0 spiro atoms. The smallest absolute Gasteiger partial charge is 0.161 e. The lowest BCUT2D eigenvalue weighted by Crippen LogP contribution is -2.05. The van der Waals surface area contributed by atoms with Gasteiger partial charge in [0.05, 0.1) is 0 Å². The minimum absolute atomic E-state index is 0.101. The van der Waals surface area contributed by atoms with Gasteiger partial charge in [0, 0.05) is 39.1 Å². The molecule has 0 radical (unpaired) electrons. The summed E-state index contributed by atoms with van der Waals surface area (Å²) < 4.78 is 12.7. The Morgan fingerprint density at radius 1 is 0.534 bits per heavy atom. The third-order valence-corrected chi connectivity index (χ3v) is 10.7. The van der Waals surface area contributed by atoms with E-state index in [4.69, 9.17) is 18.8 Å². The van der Waals surface area contributed by atoms with Crippen molar-refractivity contribution in [3.05, 3.63) is 211 Å². The molecule has 2 heterocycles. The van der Waals surface area contributed by atoms with Gasteiger partial charge < -0.3 is 8.83 Å². The van der Waals surface area contributed by atoms with E-state index >= 15 is 0 Å². The topological polar surface area (TPSA) is 74.8 Å². The molecule has 0 fully saturated rings. The van der Waals surface area contributed by atoms with E-state index in [1.807, 2.05) is 109 Å². The van der Waals surface area contributed by atoms with Gasteiger partial charge in [-0.15, -0.1) is 0 Å². The van der Waals surface area contributed by atoms with Crippen LogP contribution in [0, 0.1) is 5.41 Å². The van der Waals surface area contributed by atoms with Crippen LogP contribution in [-0.2, 0) is 0 Å². The summed E-state index contributed by atoms with van der Waals surface area (Å²) in [5, 5.41) is 16.6. The number of aliphatic imine (C=N–C) groups is 2. The first-order chi connectivity index (χ1) is 28.6. The molecule has 0 aliphatic rings. The second-order valence-corrected chi connectivity index (χ2v) is 14.1. The highest BCUT2D eigenvalue weighted by Crippen LogP contribution is 2.41. The number of fused-ring (bicyclic) bond motifs is 6. The van der Waals surface area contributed by atoms with Crippen LogP contribution in [0.3, 0.4) is 0 Å². The standard InChI is InChI=1S/C53H35N3O2/c1-2-3-22-48-46(51-44(21-13-24-50(51)58-48)42-29-28-39(35-15-5-4-6-16-35)40-18-9-10-19-41(40)42)33-55-53(56-52(54)37-26-25-34-14-7-8-17-36(34)31-37)38-27-30-49-45(32-38)43-20-11-12-23-47(43)57-49/h2-33,54H,1H2/b22-3-,54-52?,55-33+,56-53-. The summed E-state index contributed by atoms with van der Waals surface area (Å²) in [4.78, 5) is 10.1. The number of para-hydroxylation sites is 1. The van der Waals surface area contributed by atoms with Crippen molar-refractivity contribution < 1.29 is 8.83 Å². The van der Waals surface area contributed by atoms with Gasteiger partial charge in [0.25, 0.3) is 0 Å². The molecule has 0 saturated heterocycles. The number of amidine groups is 2. The first-order valence-electron chi connectivity index (χ1n) is 19.2. The molecular formula is C53H35N3O2. The van der Waals surface area contributed by atoms with Crippen molar-refractivity contribution >= 4 is 78.4 Å². The first-order valence-corrected chi connectivity index (χ1v) is 19.2. The van der Waals surface area contributed by atoms with Crippen LogP contribution < -0.4 is 0 Å². The Kier molecular flexibility index (Phi) is 8.73. The molecular weight excluding hydrogens is 711 g/mol. The number of rotatable bonds is 7. The second kappa shape index (κ2) is 14.6. The Morgan fingerprint density at radius 2 is 1.22 bits per heavy atom. The monoisotopic (exact) mass is 745 g/mol. The molecule has 8 aromatic carbocycles. The normalized spacial score (nSPS) is 12.2. The largest absolute Gasteiger partial charge is 0.456 e. The molecule has 0 unspecified atom stereocenters. The molecule has 0 atom stereocenters. The van der Waals surface area contributed by atoms with Crippen molar-refractivity contribution in [2.75, 3.05) is 0 Å². The van der Waals surface area contributed by atoms with Crippen molar-refractivity contribution in [1.82, 2.24) is 0 Å². The molecule has 0 bridgehead atoms. The Balaban J connectivity index is 1.16. The maximum absolute atomic E-state index is 9.25. The number of nitrogens with zero attached hydrogens (tertiary/aromatic N) is 2. The van der Waals surface area contributed by atoms with E-state index in [2.05, 4.69) is 85.4 Å². The van der Waals surface area contributed by atoms with Crippen molar-refractivity contribution in [2.24, 2.45) is 9.98 Å². The van der Waals surface area contributed by atoms with Gasteiger partial charge in [0.1, 0.15) is 22.5 Å². The SMILES string of the molecule is C=C/C=C\c1oc2cccc(-c3ccc(-c4ccccc4)c4ccccc34)c2c1/C=N/C(=N\C(=N)c1ccc2ccccc2c1)c1ccc2oc3ccccc3c2c1. The second-order valence-electron chi connectivity index (χ2n) is 14.1. The third kappa shape index (κ3) is 6.21. The van der Waals surface area contributed by atoms with E-state index in [1.165, 1.54) is 11.1 Å². The maximum atomic E-state index is 9.25. The highest BCUT2D eigenvalue weighted by atomic mass is 16.3. The maximum Gasteiger partial charge on any atom is 0.161 e. The van der Waals surface area contributed by atoms with Gasteiger partial charge in [-0.25, -0.2) is 9.98 Å². The first kappa shape index (κ1) is 34.6. The molecule has 0 aliphatic heterocycles. The van der Waals surface area contributed by atoms with Crippen molar-refractivity contribution in [3.8, 4) is 22.3 Å². The van der Waals surface area contributed by atoms with Crippen LogP contribution in [0.15, 0.2) is 207 Å². The molecule has 274 valence electrons. The summed E-state index contributed by atoms with van der Waals surface area (Å²) >= 11 is 0. The van der Waals surface area contributed by atoms with Gasteiger partial charge in [-0.05, 0) is 86.3 Å². The van der Waals surface area contributed by atoms with E-state index in [-0.39, 0.29) is 5.84 Å². The Labute approximate surface area is 334 Å². The minimum Gasteiger partial charge on any atom is -0.456 e. The molecule has 10 rings (SSSR count). The summed E-state index contributed by atoms with van der Waals surface area (Å²) in [5.41, 5.74) is 8.98. The van der Waals surface area contributed by atoms with E-state index < -0.39 is 0 Å². The van der Waals surface area contributed by atoms with Crippen LogP contribution in [0.1, 0.15) is 22.5 Å². The quantitative estimate of drug-likeness (QED) is 0.100. The summed E-state index contributed by atoms with van der Waals surface area (Å²) in [6.07, 6.45) is 7.32. The fraction of sp³-hybridized carbons (Fsp3) is 0. The van der Waals surface area contributed by atoms with Gasteiger partial charge in [-0.1, -0.05) is 152 Å². The summed E-state index contributed by atoms with van der Waals surface area (Å²) in [5.74, 6) is 1.12. The molecule has 2 aromatic heterocycles. The van der Waals surface area contributed by atoms with E-state index in [9.17, 15) is 5.41 Å². The van der Waals surface area contributed by atoms with Crippen molar-refractivity contribution in [3.63, 3.8) is 0 Å². The van der Waals surface area contributed by atoms with Gasteiger partial charge in [-0.2, -0.15) is 0 Å². The predicted octanol–water partition coefficient (Wildman–Crippen LogP) is 14.1. The van der Waals surface area contributed by atoms with Crippen LogP contribution in [0.5, 0.6) is 0 Å². The van der Waals surface area contributed by atoms with Gasteiger partial charge in [0.15, 0.2) is 11.7 Å². The predicted molar refractivity (Wildman–Crippen MR) is 242 cm³/mol. The average Bonchev–Trinajstić information content (AvgIpc) is 3.84. The number of allylic oxidation sites excluding steroid dienone is 2. The number of hydrogen-bond acceptors (Lipinski definition) is 3. The van der Waals surface area contributed by atoms with Crippen LogP contribution in [0.4, 0.5) is 0 Å². The summed E-state index contributed by atoms with van der Waals surface area (Å²) in [7, 11) is 0. The van der Waals surface area contributed by atoms with Crippen LogP contribution in [0.25, 0.3) is 82.8 Å². The molecule has 5 nitrogen and oxygen atoms in total. The number of furan rings is 2. The Bertz CT molecular complexity index is 3330. The number of hydrogen-bond donors (Lipinski definition) is 1. The fourth-order valence-electron chi connectivity index (χ4n) is 7.89. The van der Waals surface area contributed by atoms with E-state index in [0.29, 0.717) is 17.2 Å². The molecule has 0 amide bonds. The molecule has 1 N–H and O–H groups in total. The zero-order valence-corrected chi connectivity index (χ0v) is 31.4. The lowest BCUT2D eigenvalue weighted by molar-refractivity contribution is 0.603. The highest BCUT2D eigenvalue weighted by molar-refractivity contribution is 6.19. The Morgan fingerprint density at radius 3 is 2.07 bits per heavy atom. The van der Waals surface area contributed by atoms with Crippen LogP contribution >= 0.6 is 0 Å². The lowest BCUT2D eigenvalue weighted by Gasteiger charge is -2.13.